The van der Waals surface area contributed by atoms with Crippen molar-refractivity contribution in [3.05, 3.63) is 35.4 Å². The maximum Gasteiger partial charge on any atom is 0.0108 e. The van der Waals surface area contributed by atoms with Crippen LogP contribution in [0, 0.1) is 0 Å². The van der Waals surface area contributed by atoms with E-state index in [2.05, 4.69) is 34.5 Å². The molecule has 18 heavy (non-hydrogen) atoms. The molecule has 0 spiro atoms. The van der Waals surface area contributed by atoms with E-state index in [0.29, 0.717) is 0 Å². The highest BCUT2D eigenvalue weighted by Crippen LogP contribution is 2.36. The van der Waals surface area contributed by atoms with Gasteiger partial charge in [-0.1, -0.05) is 30.7 Å². The predicted octanol–water partition coefficient (Wildman–Crippen LogP) is 2.40. The molecular formula is C16H24N2. The van der Waals surface area contributed by atoms with Crippen molar-refractivity contribution in [3.63, 3.8) is 0 Å². The molecule has 2 nitrogen and oxygen atoms in total. The van der Waals surface area contributed by atoms with Crippen LogP contribution < -0.4 is 5.32 Å². The highest BCUT2D eigenvalue weighted by molar-refractivity contribution is 5.26. The highest BCUT2D eigenvalue weighted by Gasteiger charge is 2.18. The molecule has 1 N–H and O–H groups in total. The van der Waals surface area contributed by atoms with Crippen LogP contribution in [0.5, 0.6) is 0 Å². The Balaban J connectivity index is 1.49. The van der Waals surface area contributed by atoms with E-state index in [-0.39, 0.29) is 0 Å². The van der Waals surface area contributed by atoms with E-state index >= 15 is 0 Å². The summed E-state index contributed by atoms with van der Waals surface area (Å²) in [6.07, 6.45) is 5.43. The molecule has 98 valence electrons. The minimum absolute atomic E-state index is 0.868. The van der Waals surface area contributed by atoms with Gasteiger partial charge < -0.3 is 10.2 Å². The average Bonchev–Trinajstić information content (AvgIpc) is 2.37. The fourth-order valence-electron chi connectivity index (χ4n) is 2.92. The quantitative estimate of drug-likeness (QED) is 0.875. The van der Waals surface area contributed by atoms with E-state index < -0.39 is 0 Å². The summed E-state index contributed by atoms with van der Waals surface area (Å²) in [5, 5.41) is 3.40. The summed E-state index contributed by atoms with van der Waals surface area (Å²) >= 11 is 0. The summed E-state index contributed by atoms with van der Waals surface area (Å²) in [6.45, 7) is 5.94. The summed E-state index contributed by atoms with van der Waals surface area (Å²) in [4.78, 5) is 2.57. The molecule has 1 aliphatic carbocycles. The van der Waals surface area contributed by atoms with Gasteiger partial charge in [-0.25, -0.2) is 0 Å². The zero-order valence-corrected chi connectivity index (χ0v) is 11.2. The molecule has 1 aromatic carbocycles. The van der Waals surface area contributed by atoms with Gasteiger partial charge in [0, 0.05) is 32.7 Å². The van der Waals surface area contributed by atoms with E-state index in [0.717, 1.165) is 19.0 Å². The van der Waals surface area contributed by atoms with Gasteiger partial charge in [-0.05, 0) is 36.3 Å². The number of hydrogen-bond donors (Lipinski definition) is 1. The summed E-state index contributed by atoms with van der Waals surface area (Å²) < 4.78 is 0. The second kappa shape index (κ2) is 5.85. The molecule has 1 heterocycles. The van der Waals surface area contributed by atoms with Crippen molar-refractivity contribution in [3.8, 4) is 0 Å². The van der Waals surface area contributed by atoms with Crippen molar-refractivity contribution in [2.24, 2.45) is 0 Å². The first-order valence-corrected chi connectivity index (χ1v) is 7.44. The van der Waals surface area contributed by atoms with E-state index in [4.69, 9.17) is 0 Å². The van der Waals surface area contributed by atoms with Gasteiger partial charge in [-0.3, -0.25) is 0 Å². The first kappa shape index (κ1) is 12.2. The molecule has 0 atom stereocenters. The number of benzene rings is 1. The van der Waals surface area contributed by atoms with Gasteiger partial charge in [0.25, 0.3) is 0 Å². The molecule has 1 saturated heterocycles. The number of hydrogen-bond acceptors (Lipinski definition) is 2. The van der Waals surface area contributed by atoms with E-state index in [9.17, 15) is 0 Å². The van der Waals surface area contributed by atoms with Crippen molar-refractivity contribution in [2.45, 2.75) is 31.6 Å². The van der Waals surface area contributed by atoms with Crippen LogP contribution in [0.15, 0.2) is 24.3 Å². The monoisotopic (exact) mass is 244 g/mol. The normalized spacial score (nSPS) is 21.8. The summed E-state index contributed by atoms with van der Waals surface area (Å²) in [7, 11) is 0. The molecule has 0 unspecified atom stereocenters. The Morgan fingerprint density at radius 3 is 2.39 bits per heavy atom. The zero-order chi connectivity index (χ0) is 12.2. The van der Waals surface area contributed by atoms with Crippen LogP contribution in [0.1, 0.15) is 36.3 Å². The van der Waals surface area contributed by atoms with Gasteiger partial charge in [0.15, 0.2) is 0 Å². The second-order valence-corrected chi connectivity index (χ2v) is 5.71. The number of rotatable bonds is 4. The molecule has 0 aromatic heterocycles. The standard InChI is InChI=1S/C16H24N2/c1-2-15(3-1)16-6-4-14(5-7-16)8-11-18-12-9-17-10-13-18/h4-7,15,17H,1-3,8-13H2. The van der Waals surface area contributed by atoms with Crippen LogP contribution in [-0.2, 0) is 6.42 Å². The predicted molar refractivity (Wildman–Crippen MR) is 76.0 cm³/mol. The first-order chi connectivity index (χ1) is 8.92. The number of piperazine rings is 1. The number of nitrogens with zero attached hydrogens (tertiary/aromatic N) is 1. The van der Waals surface area contributed by atoms with Crippen LogP contribution in [0.25, 0.3) is 0 Å². The van der Waals surface area contributed by atoms with Crippen molar-refractivity contribution in [1.29, 1.82) is 0 Å². The molecule has 2 aliphatic rings. The molecule has 1 aliphatic heterocycles. The third-order valence-corrected chi connectivity index (χ3v) is 4.48. The van der Waals surface area contributed by atoms with Gasteiger partial charge in [-0.2, -0.15) is 0 Å². The van der Waals surface area contributed by atoms with Gasteiger partial charge in [0.2, 0.25) is 0 Å². The largest absolute Gasteiger partial charge is 0.314 e. The minimum atomic E-state index is 0.868. The lowest BCUT2D eigenvalue weighted by atomic mass is 9.80. The summed E-state index contributed by atoms with van der Waals surface area (Å²) in [5.74, 6) is 0.868. The first-order valence-electron chi connectivity index (χ1n) is 7.44. The molecule has 1 saturated carbocycles. The summed E-state index contributed by atoms with van der Waals surface area (Å²) in [6, 6.07) is 9.40. The Labute approximate surface area is 110 Å². The van der Waals surface area contributed by atoms with Crippen LogP contribution >= 0.6 is 0 Å². The Hall–Kier alpha value is -0.860. The lowest BCUT2D eigenvalue weighted by Gasteiger charge is -2.27. The molecular weight excluding hydrogens is 220 g/mol. The Morgan fingerprint density at radius 1 is 1.06 bits per heavy atom. The smallest absolute Gasteiger partial charge is 0.0108 e. The Kier molecular flexibility index (Phi) is 3.96. The molecule has 3 rings (SSSR count). The van der Waals surface area contributed by atoms with Crippen molar-refractivity contribution >= 4 is 0 Å². The third-order valence-electron chi connectivity index (χ3n) is 4.48. The van der Waals surface area contributed by atoms with E-state index in [1.807, 2.05) is 0 Å². The van der Waals surface area contributed by atoms with E-state index in [1.54, 1.807) is 5.56 Å². The molecule has 0 radical (unpaired) electrons. The van der Waals surface area contributed by atoms with Crippen LogP contribution in [0.4, 0.5) is 0 Å². The molecule has 1 aromatic rings. The molecule has 0 amide bonds. The fraction of sp³-hybridized carbons (Fsp3) is 0.625. The number of nitrogens with one attached hydrogen (secondary N) is 1. The highest BCUT2D eigenvalue weighted by atomic mass is 15.2. The lowest BCUT2D eigenvalue weighted by Crippen LogP contribution is -2.44. The van der Waals surface area contributed by atoms with Crippen LogP contribution in [0.3, 0.4) is 0 Å². The van der Waals surface area contributed by atoms with Gasteiger partial charge in [0.1, 0.15) is 0 Å². The van der Waals surface area contributed by atoms with Gasteiger partial charge in [-0.15, -0.1) is 0 Å². The second-order valence-electron chi connectivity index (χ2n) is 5.71. The Morgan fingerprint density at radius 2 is 1.78 bits per heavy atom. The minimum Gasteiger partial charge on any atom is -0.314 e. The SMILES string of the molecule is c1cc(C2CCC2)ccc1CCN1CCNCC1. The Bertz CT molecular complexity index is 361. The van der Waals surface area contributed by atoms with Crippen molar-refractivity contribution in [1.82, 2.24) is 10.2 Å². The van der Waals surface area contributed by atoms with Gasteiger partial charge in [0.05, 0.1) is 0 Å². The van der Waals surface area contributed by atoms with Crippen LogP contribution in [-0.4, -0.2) is 37.6 Å². The fourth-order valence-corrected chi connectivity index (χ4v) is 2.92. The molecule has 0 bridgehead atoms. The average molecular weight is 244 g/mol. The molecule has 2 heteroatoms. The zero-order valence-electron chi connectivity index (χ0n) is 11.2. The van der Waals surface area contributed by atoms with E-state index in [1.165, 1.54) is 50.9 Å². The lowest BCUT2D eigenvalue weighted by molar-refractivity contribution is 0.244. The van der Waals surface area contributed by atoms with Crippen molar-refractivity contribution in [2.75, 3.05) is 32.7 Å². The maximum atomic E-state index is 3.40. The van der Waals surface area contributed by atoms with Gasteiger partial charge >= 0.3 is 0 Å². The molecule has 2 fully saturated rings. The third kappa shape index (κ3) is 2.93. The topological polar surface area (TPSA) is 15.3 Å². The summed E-state index contributed by atoms with van der Waals surface area (Å²) in [5.41, 5.74) is 3.06. The van der Waals surface area contributed by atoms with Crippen LogP contribution in [0.2, 0.25) is 0 Å². The van der Waals surface area contributed by atoms with Crippen molar-refractivity contribution < 1.29 is 0 Å². The maximum absolute atomic E-state index is 3.40.